The fourth-order valence-corrected chi connectivity index (χ4v) is 3.76. The van der Waals surface area contributed by atoms with Gasteiger partial charge in [0.15, 0.2) is 17.5 Å². The van der Waals surface area contributed by atoms with Crippen LogP contribution in [-0.4, -0.2) is 64.0 Å². The van der Waals surface area contributed by atoms with Crippen molar-refractivity contribution < 1.29 is 14.2 Å². The molecule has 1 aliphatic rings. The van der Waals surface area contributed by atoms with E-state index in [9.17, 15) is 0 Å². The van der Waals surface area contributed by atoms with Crippen LogP contribution in [0.5, 0.6) is 11.5 Å². The quantitative estimate of drug-likeness (QED) is 0.469. The lowest BCUT2D eigenvalue weighted by atomic mass is 9.92. The van der Waals surface area contributed by atoms with Crippen molar-refractivity contribution in [3.05, 3.63) is 23.8 Å². The topological polar surface area (TPSA) is 81.3 Å². The molecule has 0 saturated carbocycles. The molecule has 28 heavy (non-hydrogen) atoms. The number of ether oxygens (including phenoxy) is 3. The Hall–Kier alpha value is -1.99. The van der Waals surface area contributed by atoms with Gasteiger partial charge in [-0.2, -0.15) is 0 Å². The molecular weight excluding hydrogens is 356 g/mol. The number of morpholine rings is 1. The summed E-state index contributed by atoms with van der Waals surface area (Å²) in [4.78, 5) is 7.02. The maximum atomic E-state index is 6.15. The standard InChI is InChI=1S/C21H36N4O3/c1-5-17(6-2)18(25-9-11-28-12-10-25)15-24-21(22)23-14-16-7-8-19(26-3)20(13-16)27-4/h7-8,13,17-18H,5-6,9-12,14-15H2,1-4H3,(H3,22,23,24). The Kier molecular flexibility index (Phi) is 9.37. The fourth-order valence-electron chi connectivity index (χ4n) is 3.76. The Bertz CT molecular complexity index is 614. The summed E-state index contributed by atoms with van der Waals surface area (Å²) in [5.74, 6) is 2.51. The Balaban J connectivity index is 1.96. The van der Waals surface area contributed by atoms with Gasteiger partial charge in [-0.15, -0.1) is 0 Å². The van der Waals surface area contributed by atoms with Crippen molar-refractivity contribution in [3.63, 3.8) is 0 Å². The van der Waals surface area contributed by atoms with E-state index in [1.807, 2.05) is 18.2 Å². The first-order chi connectivity index (χ1) is 13.6. The number of benzene rings is 1. The highest BCUT2D eigenvalue weighted by Crippen LogP contribution is 2.27. The molecule has 158 valence electrons. The molecule has 0 aromatic heterocycles. The van der Waals surface area contributed by atoms with Crippen molar-refractivity contribution >= 4 is 5.96 Å². The van der Waals surface area contributed by atoms with Crippen LogP contribution in [0.15, 0.2) is 23.2 Å². The third-order valence-corrected chi connectivity index (χ3v) is 5.48. The van der Waals surface area contributed by atoms with Crippen LogP contribution in [0.2, 0.25) is 0 Å². The molecule has 1 fully saturated rings. The normalized spacial score (nSPS) is 16.8. The van der Waals surface area contributed by atoms with Gasteiger partial charge in [0.05, 0.1) is 34.0 Å². The van der Waals surface area contributed by atoms with Crippen LogP contribution < -0.4 is 20.5 Å². The predicted octanol–water partition coefficient (Wildman–Crippen LogP) is 2.25. The van der Waals surface area contributed by atoms with Gasteiger partial charge in [-0.1, -0.05) is 32.8 Å². The van der Waals surface area contributed by atoms with Crippen LogP contribution in [0.1, 0.15) is 32.3 Å². The Morgan fingerprint density at radius 1 is 1.18 bits per heavy atom. The van der Waals surface area contributed by atoms with Crippen LogP contribution in [0.25, 0.3) is 0 Å². The van der Waals surface area contributed by atoms with Gasteiger partial charge in [-0.05, 0) is 23.6 Å². The van der Waals surface area contributed by atoms with Crippen molar-refractivity contribution in [1.29, 1.82) is 0 Å². The average molecular weight is 393 g/mol. The average Bonchev–Trinajstić information content (AvgIpc) is 2.75. The molecule has 0 radical (unpaired) electrons. The predicted molar refractivity (Wildman–Crippen MR) is 113 cm³/mol. The molecule has 1 unspecified atom stereocenters. The van der Waals surface area contributed by atoms with Gasteiger partial charge in [0.2, 0.25) is 0 Å². The zero-order valence-corrected chi connectivity index (χ0v) is 17.7. The SMILES string of the molecule is CCC(CC)C(CNC(N)=NCc1ccc(OC)c(OC)c1)N1CCOCC1. The summed E-state index contributed by atoms with van der Waals surface area (Å²) < 4.78 is 16.1. The minimum absolute atomic E-state index is 0.439. The molecule has 1 aromatic carbocycles. The fraction of sp³-hybridized carbons (Fsp3) is 0.667. The van der Waals surface area contributed by atoms with Gasteiger partial charge in [-0.3, -0.25) is 4.90 Å². The van der Waals surface area contributed by atoms with Crippen molar-refractivity contribution in [3.8, 4) is 11.5 Å². The summed E-state index contributed by atoms with van der Waals surface area (Å²) in [7, 11) is 3.26. The largest absolute Gasteiger partial charge is 0.493 e. The first-order valence-corrected chi connectivity index (χ1v) is 10.2. The lowest BCUT2D eigenvalue weighted by molar-refractivity contribution is 0.00275. The third kappa shape index (κ3) is 6.27. The number of nitrogens with two attached hydrogens (primary N) is 1. The molecule has 1 aliphatic heterocycles. The summed E-state index contributed by atoms with van der Waals surface area (Å²) >= 11 is 0. The maximum Gasteiger partial charge on any atom is 0.188 e. The highest BCUT2D eigenvalue weighted by molar-refractivity contribution is 5.77. The number of nitrogens with one attached hydrogen (secondary N) is 1. The van der Waals surface area contributed by atoms with E-state index in [1.165, 1.54) is 0 Å². The molecule has 0 spiro atoms. The van der Waals surface area contributed by atoms with Gasteiger partial charge in [0.25, 0.3) is 0 Å². The second kappa shape index (κ2) is 11.8. The van der Waals surface area contributed by atoms with Crippen molar-refractivity contribution in [2.45, 2.75) is 39.3 Å². The number of hydrogen-bond acceptors (Lipinski definition) is 5. The molecule has 0 amide bonds. The Morgan fingerprint density at radius 3 is 2.46 bits per heavy atom. The summed E-state index contributed by atoms with van der Waals surface area (Å²) in [5, 5.41) is 3.34. The molecule has 7 nitrogen and oxygen atoms in total. The number of aliphatic imine (C=N–C) groups is 1. The number of hydrogen-bond donors (Lipinski definition) is 2. The lowest BCUT2D eigenvalue weighted by Crippen LogP contribution is -2.52. The van der Waals surface area contributed by atoms with Crippen LogP contribution >= 0.6 is 0 Å². The van der Waals surface area contributed by atoms with Crippen LogP contribution in [-0.2, 0) is 11.3 Å². The Labute approximate surface area is 169 Å². The van der Waals surface area contributed by atoms with Crippen molar-refractivity contribution in [2.75, 3.05) is 47.1 Å². The molecule has 7 heteroatoms. The highest BCUT2D eigenvalue weighted by Gasteiger charge is 2.26. The second-order valence-corrected chi connectivity index (χ2v) is 7.06. The van der Waals surface area contributed by atoms with E-state index in [0.717, 1.165) is 51.3 Å². The summed E-state index contributed by atoms with van der Waals surface area (Å²) in [6, 6.07) is 6.22. The number of guanidine groups is 1. The highest BCUT2D eigenvalue weighted by atomic mass is 16.5. The molecule has 1 aromatic rings. The Morgan fingerprint density at radius 2 is 1.86 bits per heavy atom. The van der Waals surface area contributed by atoms with Gasteiger partial charge in [0, 0.05) is 25.7 Å². The van der Waals surface area contributed by atoms with E-state index in [-0.39, 0.29) is 0 Å². The van der Waals surface area contributed by atoms with Gasteiger partial charge in [0.1, 0.15) is 0 Å². The van der Waals surface area contributed by atoms with Gasteiger partial charge >= 0.3 is 0 Å². The molecular formula is C21H36N4O3. The van der Waals surface area contributed by atoms with E-state index >= 15 is 0 Å². The third-order valence-electron chi connectivity index (χ3n) is 5.48. The van der Waals surface area contributed by atoms with Crippen molar-refractivity contribution in [1.82, 2.24) is 10.2 Å². The van der Waals surface area contributed by atoms with Crippen LogP contribution in [0.3, 0.4) is 0 Å². The zero-order chi connectivity index (χ0) is 20.4. The smallest absolute Gasteiger partial charge is 0.188 e. The zero-order valence-electron chi connectivity index (χ0n) is 17.7. The summed E-state index contributed by atoms with van der Waals surface area (Å²) in [5.41, 5.74) is 7.17. The van der Waals surface area contributed by atoms with Crippen LogP contribution in [0, 0.1) is 5.92 Å². The minimum atomic E-state index is 0.439. The summed E-state index contributed by atoms with van der Waals surface area (Å²) in [6.45, 7) is 9.38. The van der Waals surface area contributed by atoms with E-state index in [1.54, 1.807) is 14.2 Å². The molecule has 0 bridgehead atoms. The van der Waals surface area contributed by atoms with Gasteiger partial charge in [-0.25, -0.2) is 4.99 Å². The molecule has 3 N–H and O–H groups in total. The van der Waals surface area contributed by atoms with E-state index < -0.39 is 0 Å². The van der Waals surface area contributed by atoms with Crippen molar-refractivity contribution in [2.24, 2.45) is 16.6 Å². The van der Waals surface area contributed by atoms with E-state index in [2.05, 4.69) is 29.1 Å². The minimum Gasteiger partial charge on any atom is -0.493 e. The monoisotopic (exact) mass is 392 g/mol. The van der Waals surface area contributed by atoms with Crippen LogP contribution in [0.4, 0.5) is 0 Å². The molecule has 1 heterocycles. The number of methoxy groups -OCH3 is 2. The number of rotatable bonds is 10. The summed E-state index contributed by atoms with van der Waals surface area (Å²) in [6.07, 6.45) is 2.31. The van der Waals surface area contributed by atoms with Gasteiger partial charge < -0.3 is 25.3 Å². The van der Waals surface area contributed by atoms with E-state index in [0.29, 0.717) is 36.0 Å². The maximum absolute atomic E-state index is 6.15. The molecule has 1 atom stereocenters. The first-order valence-electron chi connectivity index (χ1n) is 10.2. The molecule has 1 saturated heterocycles. The molecule has 0 aliphatic carbocycles. The molecule has 2 rings (SSSR count). The number of nitrogens with zero attached hydrogens (tertiary/aromatic N) is 2. The second-order valence-electron chi connectivity index (χ2n) is 7.06. The lowest BCUT2D eigenvalue weighted by Gasteiger charge is -2.38. The first kappa shape index (κ1) is 22.3. The van der Waals surface area contributed by atoms with E-state index in [4.69, 9.17) is 19.9 Å².